The number of rotatable bonds is 5. The maximum atomic E-state index is 10.9. The van der Waals surface area contributed by atoms with Gasteiger partial charge in [-0.25, -0.2) is 0 Å². The third-order valence-electron chi connectivity index (χ3n) is 2.46. The molecule has 0 atom stereocenters. The number of nitrogens with zero attached hydrogens (tertiary/aromatic N) is 2. The summed E-state index contributed by atoms with van der Waals surface area (Å²) in [5, 5.41) is 9.93. The van der Waals surface area contributed by atoms with Gasteiger partial charge >= 0.3 is 0 Å². The number of hydrogen-bond donors (Lipinski definition) is 2. The van der Waals surface area contributed by atoms with Crippen molar-refractivity contribution in [3.8, 4) is 0 Å². The van der Waals surface area contributed by atoms with Gasteiger partial charge in [-0.3, -0.25) is 9.48 Å². The maximum Gasteiger partial charge on any atom is 0.221 e. The van der Waals surface area contributed by atoms with Crippen molar-refractivity contribution in [3.05, 3.63) is 17.5 Å². The Morgan fingerprint density at radius 2 is 2.33 bits per heavy atom. The topological polar surface area (TPSA) is 59.0 Å². The highest BCUT2D eigenvalue weighted by molar-refractivity contribution is 5.75. The number of aromatic nitrogens is 2. The van der Waals surface area contributed by atoms with Crippen LogP contribution in [0.3, 0.4) is 0 Å². The van der Waals surface area contributed by atoms with Crippen LogP contribution in [0.25, 0.3) is 0 Å². The van der Waals surface area contributed by atoms with E-state index in [0.29, 0.717) is 13.0 Å². The first-order chi connectivity index (χ1) is 7.15. The first kappa shape index (κ1) is 11.7. The van der Waals surface area contributed by atoms with Gasteiger partial charge in [0.25, 0.3) is 0 Å². The molecule has 0 aliphatic carbocycles. The summed E-state index contributed by atoms with van der Waals surface area (Å²) < 4.78 is 1.84. The molecular formula is C10H18N4O. The molecule has 0 spiro atoms. The highest BCUT2D eigenvalue weighted by atomic mass is 16.1. The van der Waals surface area contributed by atoms with Crippen molar-refractivity contribution in [2.45, 2.75) is 19.9 Å². The van der Waals surface area contributed by atoms with Crippen LogP contribution in [0.1, 0.15) is 17.7 Å². The Labute approximate surface area is 89.9 Å². The minimum absolute atomic E-state index is 0.0606. The van der Waals surface area contributed by atoms with Crippen molar-refractivity contribution in [1.82, 2.24) is 20.4 Å². The van der Waals surface area contributed by atoms with Gasteiger partial charge in [-0.2, -0.15) is 5.10 Å². The van der Waals surface area contributed by atoms with Crippen LogP contribution in [-0.2, 0) is 18.4 Å². The van der Waals surface area contributed by atoms with E-state index in [4.69, 9.17) is 0 Å². The van der Waals surface area contributed by atoms with E-state index in [1.165, 1.54) is 5.56 Å². The molecular weight excluding hydrogens is 192 g/mol. The third kappa shape index (κ3) is 3.36. The maximum absolute atomic E-state index is 10.9. The van der Waals surface area contributed by atoms with Crippen LogP contribution in [0.15, 0.2) is 6.20 Å². The molecule has 2 N–H and O–H groups in total. The molecule has 1 aromatic heterocycles. The van der Waals surface area contributed by atoms with Crippen molar-refractivity contribution in [2.75, 3.05) is 13.6 Å². The lowest BCUT2D eigenvalue weighted by molar-refractivity contribution is -0.120. The highest BCUT2D eigenvalue weighted by Gasteiger charge is 2.03. The smallest absolute Gasteiger partial charge is 0.221 e. The molecule has 0 unspecified atom stereocenters. The fraction of sp³-hybridized carbons (Fsp3) is 0.600. The summed E-state index contributed by atoms with van der Waals surface area (Å²) in [5.41, 5.74) is 2.33. The van der Waals surface area contributed by atoms with Crippen molar-refractivity contribution in [2.24, 2.45) is 7.05 Å². The normalized spacial score (nSPS) is 10.3. The molecule has 0 saturated heterocycles. The fourth-order valence-electron chi connectivity index (χ4n) is 1.27. The zero-order chi connectivity index (χ0) is 11.3. The second-order valence-corrected chi connectivity index (χ2v) is 3.48. The molecule has 1 aromatic rings. The minimum atomic E-state index is 0.0606. The number of aryl methyl sites for hydroxylation is 1. The van der Waals surface area contributed by atoms with Gasteiger partial charge in [0.15, 0.2) is 0 Å². The molecule has 1 rings (SSSR count). The van der Waals surface area contributed by atoms with Crippen LogP contribution < -0.4 is 10.6 Å². The molecule has 5 heteroatoms. The van der Waals surface area contributed by atoms with E-state index in [1.54, 1.807) is 7.05 Å². The van der Waals surface area contributed by atoms with E-state index in [0.717, 1.165) is 12.2 Å². The predicted octanol–water partition coefficient (Wildman–Crippen LogP) is -0.0458. The Hall–Kier alpha value is -1.36. The Balaban J connectivity index is 2.26. The fourth-order valence-corrected chi connectivity index (χ4v) is 1.27. The number of hydrogen-bond acceptors (Lipinski definition) is 3. The van der Waals surface area contributed by atoms with Gasteiger partial charge in [0.1, 0.15) is 0 Å². The summed E-state index contributed by atoms with van der Waals surface area (Å²) in [7, 11) is 3.57. The Morgan fingerprint density at radius 3 is 2.87 bits per heavy atom. The van der Waals surface area contributed by atoms with Crippen LogP contribution in [-0.4, -0.2) is 29.3 Å². The van der Waals surface area contributed by atoms with Crippen molar-refractivity contribution < 1.29 is 4.79 Å². The molecule has 0 fully saturated rings. The largest absolute Gasteiger partial charge is 0.359 e. The van der Waals surface area contributed by atoms with E-state index in [9.17, 15) is 4.79 Å². The first-order valence-corrected chi connectivity index (χ1v) is 5.04. The predicted molar refractivity (Wildman–Crippen MR) is 58.3 cm³/mol. The second kappa shape index (κ2) is 5.50. The molecule has 1 heterocycles. The van der Waals surface area contributed by atoms with Crippen LogP contribution in [0.5, 0.6) is 0 Å². The summed E-state index contributed by atoms with van der Waals surface area (Å²) in [5.74, 6) is 0.0606. The average Bonchev–Trinajstić information content (AvgIpc) is 2.55. The molecule has 0 bridgehead atoms. The molecule has 0 aliphatic heterocycles. The van der Waals surface area contributed by atoms with E-state index in [2.05, 4.69) is 15.7 Å². The van der Waals surface area contributed by atoms with E-state index in [1.807, 2.05) is 24.9 Å². The van der Waals surface area contributed by atoms with Crippen LogP contribution in [0.2, 0.25) is 0 Å². The van der Waals surface area contributed by atoms with Crippen molar-refractivity contribution >= 4 is 5.91 Å². The van der Waals surface area contributed by atoms with Gasteiger partial charge in [-0.1, -0.05) is 0 Å². The Kier molecular flexibility index (Phi) is 4.30. The lowest BCUT2D eigenvalue weighted by atomic mass is 10.2. The second-order valence-electron chi connectivity index (χ2n) is 3.48. The molecule has 0 saturated carbocycles. The quantitative estimate of drug-likeness (QED) is 0.670. The summed E-state index contributed by atoms with van der Waals surface area (Å²) in [6.45, 7) is 3.48. The SMILES string of the molecule is CNC(=O)CCNCc1cnn(C)c1C. The van der Waals surface area contributed by atoms with Gasteiger partial charge < -0.3 is 10.6 Å². The minimum Gasteiger partial charge on any atom is -0.359 e. The van der Waals surface area contributed by atoms with E-state index < -0.39 is 0 Å². The standard InChI is InChI=1S/C10H18N4O/c1-8-9(7-13-14(8)3)6-12-5-4-10(15)11-2/h7,12H,4-6H2,1-3H3,(H,11,15). The number of nitrogens with one attached hydrogen (secondary N) is 2. The van der Waals surface area contributed by atoms with Gasteiger partial charge in [-0.05, 0) is 6.92 Å². The lowest BCUT2D eigenvalue weighted by Gasteiger charge is -2.03. The van der Waals surface area contributed by atoms with Crippen LogP contribution in [0.4, 0.5) is 0 Å². The molecule has 0 radical (unpaired) electrons. The zero-order valence-corrected chi connectivity index (χ0v) is 9.50. The van der Waals surface area contributed by atoms with Crippen LogP contribution in [0, 0.1) is 6.92 Å². The molecule has 84 valence electrons. The molecule has 1 amide bonds. The van der Waals surface area contributed by atoms with Gasteiger partial charge in [0.2, 0.25) is 5.91 Å². The average molecular weight is 210 g/mol. The monoisotopic (exact) mass is 210 g/mol. The molecule has 0 aliphatic rings. The number of carbonyl (C=O) groups excluding carboxylic acids is 1. The van der Waals surface area contributed by atoms with Gasteiger partial charge in [0.05, 0.1) is 6.20 Å². The molecule has 0 aromatic carbocycles. The Morgan fingerprint density at radius 1 is 1.60 bits per heavy atom. The zero-order valence-electron chi connectivity index (χ0n) is 9.50. The van der Waals surface area contributed by atoms with Gasteiger partial charge in [-0.15, -0.1) is 0 Å². The van der Waals surface area contributed by atoms with E-state index >= 15 is 0 Å². The van der Waals surface area contributed by atoms with Crippen LogP contribution >= 0.6 is 0 Å². The first-order valence-electron chi connectivity index (χ1n) is 5.04. The molecule has 5 nitrogen and oxygen atoms in total. The van der Waals surface area contributed by atoms with Crippen molar-refractivity contribution in [3.63, 3.8) is 0 Å². The summed E-state index contributed by atoms with van der Waals surface area (Å²) in [4.78, 5) is 10.9. The summed E-state index contributed by atoms with van der Waals surface area (Å²) >= 11 is 0. The third-order valence-corrected chi connectivity index (χ3v) is 2.46. The van der Waals surface area contributed by atoms with E-state index in [-0.39, 0.29) is 5.91 Å². The van der Waals surface area contributed by atoms with Gasteiger partial charge in [0, 0.05) is 44.9 Å². The van der Waals surface area contributed by atoms with Crippen molar-refractivity contribution in [1.29, 1.82) is 0 Å². The lowest BCUT2D eigenvalue weighted by Crippen LogP contribution is -2.24. The summed E-state index contributed by atoms with van der Waals surface area (Å²) in [6, 6.07) is 0. The number of amides is 1. The highest BCUT2D eigenvalue weighted by Crippen LogP contribution is 2.04. The molecule has 15 heavy (non-hydrogen) atoms. The summed E-state index contributed by atoms with van der Waals surface area (Å²) in [6.07, 6.45) is 2.36. The Bertz CT molecular complexity index is 332. The number of carbonyl (C=O) groups is 1.